The standard InChI is InChI=1S/C8H11NO3S.C6H3F/c1-8(2,7(10)11)12-3-6-4-13-5-9-6;7-6-3-4-1-2-5(4)6/h4-5H,3H2,1-2H3,(H,10,11);1-3H. The van der Waals surface area contributed by atoms with Crippen molar-refractivity contribution in [2.75, 3.05) is 0 Å². The van der Waals surface area contributed by atoms with Crippen LogP contribution in [-0.4, -0.2) is 21.7 Å². The Hall–Kier alpha value is -1.79. The van der Waals surface area contributed by atoms with Crippen LogP contribution in [0.2, 0.25) is 0 Å². The smallest absolute Gasteiger partial charge is 0.335 e. The lowest BCUT2D eigenvalue weighted by Gasteiger charge is -2.18. The average Bonchev–Trinajstić information content (AvgIpc) is 2.87. The highest BCUT2D eigenvalue weighted by Crippen LogP contribution is 2.13. The van der Waals surface area contributed by atoms with Gasteiger partial charge in [0.1, 0.15) is 5.82 Å². The summed E-state index contributed by atoms with van der Waals surface area (Å²) in [5.41, 5.74) is 1.30. The first kappa shape index (κ1) is 14.6. The Kier molecular flexibility index (Phi) is 4.15. The van der Waals surface area contributed by atoms with Crippen molar-refractivity contribution >= 4 is 17.3 Å². The van der Waals surface area contributed by atoms with Gasteiger partial charge in [0.25, 0.3) is 0 Å². The van der Waals surface area contributed by atoms with Crippen molar-refractivity contribution in [1.29, 1.82) is 0 Å². The van der Waals surface area contributed by atoms with Crippen LogP contribution in [0.3, 0.4) is 0 Å². The number of carboxylic acid groups (broad SMARTS) is 1. The third-order valence-corrected chi connectivity index (χ3v) is 3.49. The van der Waals surface area contributed by atoms with Crippen LogP contribution < -0.4 is 0 Å². The van der Waals surface area contributed by atoms with Gasteiger partial charge >= 0.3 is 5.97 Å². The van der Waals surface area contributed by atoms with Gasteiger partial charge < -0.3 is 9.84 Å². The molecule has 1 heterocycles. The average molecular weight is 295 g/mol. The van der Waals surface area contributed by atoms with Gasteiger partial charge in [0.15, 0.2) is 5.60 Å². The first-order valence-corrected chi connectivity index (χ1v) is 6.89. The van der Waals surface area contributed by atoms with Gasteiger partial charge in [-0.3, -0.25) is 0 Å². The Balaban J connectivity index is 0.000000173. The van der Waals surface area contributed by atoms with E-state index in [9.17, 15) is 9.18 Å². The van der Waals surface area contributed by atoms with Crippen molar-refractivity contribution in [1.82, 2.24) is 4.98 Å². The zero-order valence-electron chi connectivity index (χ0n) is 11.1. The number of halogens is 1. The maximum absolute atomic E-state index is 12.0. The van der Waals surface area contributed by atoms with Crippen molar-refractivity contribution in [2.45, 2.75) is 26.1 Å². The van der Waals surface area contributed by atoms with E-state index in [1.165, 1.54) is 31.3 Å². The summed E-state index contributed by atoms with van der Waals surface area (Å²) in [4.78, 5) is 14.6. The minimum absolute atomic E-state index is 0.0579. The zero-order chi connectivity index (χ0) is 14.8. The molecule has 0 atom stereocenters. The molecule has 0 saturated carbocycles. The lowest BCUT2D eigenvalue weighted by molar-refractivity contribution is -0.162. The summed E-state index contributed by atoms with van der Waals surface area (Å²) in [5.74, 6) is -1.03. The topological polar surface area (TPSA) is 59.4 Å². The van der Waals surface area contributed by atoms with E-state index in [2.05, 4.69) is 4.98 Å². The number of aromatic nitrogens is 1. The van der Waals surface area contributed by atoms with E-state index in [4.69, 9.17) is 9.84 Å². The third-order valence-electron chi connectivity index (χ3n) is 2.86. The van der Waals surface area contributed by atoms with Crippen LogP contribution in [0.25, 0.3) is 0 Å². The highest BCUT2D eigenvalue weighted by Gasteiger charge is 2.27. The first-order chi connectivity index (χ1) is 9.40. The molecular weight excluding hydrogens is 281 g/mol. The van der Waals surface area contributed by atoms with Gasteiger partial charge in [0, 0.05) is 10.6 Å². The second-order valence-electron chi connectivity index (χ2n) is 4.78. The van der Waals surface area contributed by atoms with Crippen molar-refractivity contribution in [3.05, 3.63) is 51.0 Å². The Morgan fingerprint density at radius 2 is 2.25 bits per heavy atom. The highest BCUT2D eigenvalue weighted by molar-refractivity contribution is 7.07. The predicted octanol–water partition coefficient (Wildman–Crippen LogP) is 2.95. The summed E-state index contributed by atoms with van der Waals surface area (Å²) in [6.07, 6.45) is 0. The number of aliphatic carboxylic acids is 1. The molecule has 1 aromatic heterocycles. The van der Waals surface area contributed by atoms with E-state index < -0.39 is 11.6 Å². The molecule has 0 saturated heterocycles. The fourth-order valence-electron chi connectivity index (χ4n) is 1.37. The van der Waals surface area contributed by atoms with Crippen molar-refractivity contribution in [3.63, 3.8) is 0 Å². The molecule has 2 aliphatic carbocycles. The molecule has 0 spiro atoms. The van der Waals surface area contributed by atoms with E-state index in [-0.39, 0.29) is 12.4 Å². The molecule has 4 nitrogen and oxygen atoms in total. The maximum atomic E-state index is 12.0. The van der Waals surface area contributed by atoms with E-state index in [1.54, 1.807) is 11.6 Å². The number of carboxylic acids is 1. The number of thiazole rings is 1. The molecule has 2 aliphatic rings. The number of nitrogens with zero attached hydrogens (tertiary/aromatic N) is 1. The minimum atomic E-state index is -1.15. The molecule has 0 fully saturated rings. The summed E-state index contributed by atoms with van der Waals surface area (Å²) < 4.78 is 17.1. The van der Waals surface area contributed by atoms with Crippen LogP contribution in [0.15, 0.2) is 29.1 Å². The largest absolute Gasteiger partial charge is 0.479 e. The van der Waals surface area contributed by atoms with Gasteiger partial charge in [0.05, 0.1) is 17.8 Å². The predicted molar refractivity (Wildman–Crippen MR) is 72.7 cm³/mol. The number of hydrogen-bond donors (Lipinski definition) is 1. The molecule has 0 aromatic carbocycles. The summed E-state index contributed by atoms with van der Waals surface area (Å²) in [6, 6.07) is 5.22. The number of ether oxygens (including phenoxy) is 1. The van der Waals surface area contributed by atoms with Crippen molar-refractivity contribution in [2.24, 2.45) is 0 Å². The van der Waals surface area contributed by atoms with Gasteiger partial charge in [-0.05, 0) is 25.1 Å². The van der Waals surface area contributed by atoms with Crippen LogP contribution in [0.5, 0.6) is 0 Å². The number of rotatable bonds is 4. The summed E-state index contributed by atoms with van der Waals surface area (Å²) >= 11 is 1.46. The fraction of sp³-hybridized carbons (Fsp3) is 0.286. The Bertz CT molecular complexity index is 698. The van der Waals surface area contributed by atoms with Crippen LogP contribution in [0, 0.1) is 16.3 Å². The van der Waals surface area contributed by atoms with E-state index >= 15 is 0 Å². The van der Waals surface area contributed by atoms with Gasteiger partial charge in [-0.25, -0.2) is 14.2 Å². The van der Waals surface area contributed by atoms with Crippen LogP contribution in [-0.2, 0) is 16.1 Å². The van der Waals surface area contributed by atoms with Crippen molar-refractivity contribution < 1.29 is 19.0 Å². The number of benzene rings is 1. The SMILES string of the molecule is CC(C)(OCc1cscn1)C(=O)O.Fc1cc2ccc1=2. The Morgan fingerprint density at radius 3 is 2.55 bits per heavy atom. The summed E-state index contributed by atoms with van der Waals surface area (Å²) in [5, 5.41) is 12.4. The Morgan fingerprint density at radius 1 is 1.50 bits per heavy atom. The third kappa shape index (κ3) is 3.20. The molecule has 106 valence electrons. The van der Waals surface area contributed by atoms with Gasteiger partial charge in [-0.15, -0.1) is 11.3 Å². The van der Waals surface area contributed by atoms with E-state index in [0.717, 1.165) is 16.1 Å². The molecule has 1 N–H and O–H groups in total. The lowest BCUT2D eigenvalue weighted by atomic mass is 10.1. The van der Waals surface area contributed by atoms with Crippen molar-refractivity contribution in [3.8, 4) is 0 Å². The first-order valence-electron chi connectivity index (χ1n) is 5.94. The minimum Gasteiger partial charge on any atom is -0.479 e. The summed E-state index contributed by atoms with van der Waals surface area (Å²) in [6.45, 7) is 3.27. The molecule has 0 bridgehead atoms. The summed E-state index contributed by atoms with van der Waals surface area (Å²) in [7, 11) is 0. The molecule has 0 unspecified atom stereocenters. The number of hydrogen-bond acceptors (Lipinski definition) is 4. The Labute approximate surface area is 119 Å². The monoisotopic (exact) mass is 295 g/mol. The number of carbonyl (C=O) groups is 1. The molecule has 0 aliphatic heterocycles. The highest BCUT2D eigenvalue weighted by atomic mass is 32.1. The molecule has 0 radical (unpaired) electrons. The molecule has 20 heavy (non-hydrogen) atoms. The van der Waals surface area contributed by atoms with Crippen LogP contribution in [0.1, 0.15) is 19.5 Å². The molecular formula is C14H14FNO3S. The van der Waals surface area contributed by atoms with Gasteiger partial charge in [-0.2, -0.15) is 0 Å². The second-order valence-corrected chi connectivity index (χ2v) is 5.50. The van der Waals surface area contributed by atoms with E-state index in [1.807, 2.05) is 11.4 Å². The molecule has 0 amide bonds. The maximum Gasteiger partial charge on any atom is 0.335 e. The quantitative estimate of drug-likeness (QED) is 0.804. The molecule has 1 aromatic rings. The molecule has 6 heteroatoms. The molecule has 3 rings (SSSR count). The lowest BCUT2D eigenvalue weighted by Crippen LogP contribution is -2.34. The van der Waals surface area contributed by atoms with E-state index in [0.29, 0.717) is 0 Å². The zero-order valence-corrected chi connectivity index (χ0v) is 11.9. The van der Waals surface area contributed by atoms with Crippen LogP contribution in [0.4, 0.5) is 4.39 Å². The van der Waals surface area contributed by atoms with Gasteiger partial charge in [-0.1, -0.05) is 12.1 Å². The fourth-order valence-corrected chi connectivity index (χ4v) is 1.91. The van der Waals surface area contributed by atoms with Gasteiger partial charge in [0.2, 0.25) is 0 Å². The second kappa shape index (κ2) is 5.68. The van der Waals surface area contributed by atoms with Crippen LogP contribution >= 0.6 is 11.3 Å². The normalized spacial score (nSPS) is 11.6.